The summed E-state index contributed by atoms with van der Waals surface area (Å²) in [4.78, 5) is 0. The van der Waals surface area contributed by atoms with Crippen molar-refractivity contribution in [1.82, 2.24) is 0 Å². The molecule has 1 atom stereocenters. The Balaban J connectivity index is 1.90. The lowest BCUT2D eigenvalue weighted by molar-refractivity contribution is 0.443. The molecule has 2 N–H and O–H groups in total. The maximum Gasteiger partial charge on any atom is 0.00817 e. The largest absolute Gasteiger partial charge is 0.327 e. The summed E-state index contributed by atoms with van der Waals surface area (Å²) in [5, 5.41) is 0. The molecule has 1 aromatic rings. The van der Waals surface area contributed by atoms with E-state index in [2.05, 4.69) is 38.1 Å². The van der Waals surface area contributed by atoms with Crippen molar-refractivity contribution in [2.45, 2.75) is 70.8 Å². The van der Waals surface area contributed by atoms with Gasteiger partial charge >= 0.3 is 0 Å². The van der Waals surface area contributed by atoms with E-state index in [0.29, 0.717) is 12.0 Å². The molecule has 0 heterocycles. The molecule has 0 aliphatic heterocycles. The minimum absolute atomic E-state index is 0.306. The lowest BCUT2D eigenvalue weighted by Gasteiger charge is -2.22. The Hall–Kier alpha value is -0.820. The van der Waals surface area contributed by atoms with Crippen LogP contribution < -0.4 is 5.73 Å². The third-order valence-electron chi connectivity index (χ3n) is 4.33. The minimum atomic E-state index is 0.306. The summed E-state index contributed by atoms with van der Waals surface area (Å²) in [7, 11) is 0. The molecule has 1 fully saturated rings. The molecule has 0 radical (unpaired) electrons. The highest BCUT2D eigenvalue weighted by Crippen LogP contribution is 2.32. The van der Waals surface area contributed by atoms with Crippen LogP contribution in [0.25, 0.3) is 0 Å². The van der Waals surface area contributed by atoms with Crippen molar-refractivity contribution >= 4 is 0 Å². The topological polar surface area (TPSA) is 26.0 Å². The average Bonchev–Trinajstić information content (AvgIpc) is 2.39. The van der Waals surface area contributed by atoms with Crippen molar-refractivity contribution in [2.75, 3.05) is 0 Å². The molecule has 1 aliphatic rings. The monoisotopic (exact) mass is 259 g/mol. The standard InChI is InChI=1S/C18H29N/c1-14(2)12-18(19)13-15-8-10-17(11-9-15)16-6-4-3-5-7-16/h8-11,14,16,18H,3-7,12-13,19H2,1-2H3. The first-order valence-corrected chi connectivity index (χ1v) is 7.99. The van der Waals surface area contributed by atoms with Gasteiger partial charge in [-0.3, -0.25) is 0 Å². The summed E-state index contributed by atoms with van der Waals surface area (Å²) < 4.78 is 0. The summed E-state index contributed by atoms with van der Waals surface area (Å²) in [5.41, 5.74) is 9.13. The predicted octanol–water partition coefficient (Wildman–Crippen LogP) is 4.65. The Kier molecular flexibility index (Phi) is 5.45. The Labute approximate surface area is 118 Å². The molecule has 0 amide bonds. The molecule has 1 aromatic carbocycles. The van der Waals surface area contributed by atoms with E-state index in [1.54, 1.807) is 5.56 Å². The normalized spacial score (nSPS) is 18.7. The number of benzene rings is 1. The highest BCUT2D eigenvalue weighted by Gasteiger charge is 2.15. The number of nitrogens with two attached hydrogens (primary N) is 1. The lowest BCUT2D eigenvalue weighted by Crippen LogP contribution is -2.24. The second kappa shape index (κ2) is 7.09. The highest BCUT2D eigenvalue weighted by atomic mass is 14.6. The molecular formula is C18H29N. The zero-order chi connectivity index (χ0) is 13.7. The van der Waals surface area contributed by atoms with E-state index in [1.165, 1.54) is 37.7 Å². The van der Waals surface area contributed by atoms with Crippen LogP contribution in [0.1, 0.15) is 69.4 Å². The summed E-state index contributed by atoms with van der Waals surface area (Å²) in [6.45, 7) is 4.48. The molecule has 1 aliphatic carbocycles. The van der Waals surface area contributed by atoms with Crippen molar-refractivity contribution in [2.24, 2.45) is 11.7 Å². The maximum absolute atomic E-state index is 6.19. The quantitative estimate of drug-likeness (QED) is 0.818. The highest BCUT2D eigenvalue weighted by molar-refractivity contribution is 5.26. The average molecular weight is 259 g/mol. The fraction of sp³-hybridized carbons (Fsp3) is 0.667. The molecule has 1 nitrogen and oxygen atoms in total. The molecule has 0 saturated heterocycles. The van der Waals surface area contributed by atoms with E-state index in [4.69, 9.17) is 5.73 Å². The van der Waals surface area contributed by atoms with Crippen molar-refractivity contribution in [3.05, 3.63) is 35.4 Å². The second-order valence-electron chi connectivity index (χ2n) is 6.67. The molecular weight excluding hydrogens is 230 g/mol. The molecule has 106 valence electrons. The van der Waals surface area contributed by atoms with Gasteiger partial charge in [-0.1, -0.05) is 57.4 Å². The van der Waals surface area contributed by atoms with Crippen LogP contribution >= 0.6 is 0 Å². The van der Waals surface area contributed by atoms with Crippen molar-refractivity contribution < 1.29 is 0 Å². The molecule has 19 heavy (non-hydrogen) atoms. The first-order chi connectivity index (χ1) is 9.15. The van der Waals surface area contributed by atoms with Gasteiger partial charge < -0.3 is 5.73 Å². The summed E-state index contributed by atoms with van der Waals surface area (Å²) in [5.74, 6) is 1.50. The van der Waals surface area contributed by atoms with Crippen molar-refractivity contribution in [3.8, 4) is 0 Å². The van der Waals surface area contributed by atoms with Gasteiger partial charge in [0.15, 0.2) is 0 Å². The zero-order valence-corrected chi connectivity index (χ0v) is 12.6. The van der Waals surface area contributed by atoms with Gasteiger partial charge in [0.2, 0.25) is 0 Å². The van der Waals surface area contributed by atoms with Crippen LogP contribution in [0.4, 0.5) is 0 Å². The van der Waals surface area contributed by atoms with Gasteiger partial charge in [-0.2, -0.15) is 0 Å². The molecule has 1 heteroatoms. The predicted molar refractivity (Wildman–Crippen MR) is 83.4 cm³/mol. The lowest BCUT2D eigenvalue weighted by atomic mass is 9.83. The van der Waals surface area contributed by atoms with Crippen molar-refractivity contribution in [1.29, 1.82) is 0 Å². The number of hydrogen-bond acceptors (Lipinski definition) is 1. The van der Waals surface area contributed by atoms with E-state index >= 15 is 0 Å². The molecule has 0 bridgehead atoms. The number of rotatable bonds is 5. The third-order valence-corrected chi connectivity index (χ3v) is 4.33. The van der Waals surface area contributed by atoms with Crippen LogP contribution in [-0.4, -0.2) is 6.04 Å². The minimum Gasteiger partial charge on any atom is -0.327 e. The van der Waals surface area contributed by atoms with E-state index < -0.39 is 0 Å². The second-order valence-corrected chi connectivity index (χ2v) is 6.67. The molecule has 2 rings (SSSR count). The fourth-order valence-corrected chi connectivity index (χ4v) is 3.35. The summed E-state index contributed by atoms with van der Waals surface area (Å²) in [6.07, 6.45) is 9.14. The zero-order valence-electron chi connectivity index (χ0n) is 12.6. The SMILES string of the molecule is CC(C)CC(N)Cc1ccc(C2CCCCC2)cc1. The molecule has 0 aromatic heterocycles. The molecule has 1 unspecified atom stereocenters. The molecule has 1 saturated carbocycles. The van der Waals surface area contributed by atoms with E-state index in [0.717, 1.165) is 18.8 Å². The van der Waals surface area contributed by atoms with Gasteiger partial charge in [0.05, 0.1) is 0 Å². The van der Waals surface area contributed by atoms with Crippen LogP contribution in [-0.2, 0) is 6.42 Å². The smallest absolute Gasteiger partial charge is 0.00817 e. The van der Waals surface area contributed by atoms with Crippen LogP contribution in [0.3, 0.4) is 0 Å². The van der Waals surface area contributed by atoms with E-state index in [1.807, 2.05) is 0 Å². The van der Waals surface area contributed by atoms with Crippen LogP contribution in [0.15, 0.2) is 24.3 Å². The maximum atomic E-state index is 6.19. The molecule has 0 spiro atoms. The Morgan fingerprint density at radius 1 is 1.05 bits per heavy atom. The summed E-state index contributed by atoms with van der Waals surface area (Å²) >= 11 is 0. The van der Waals surface area contributed by atoms with Gasteiger partial charge in [-0.15, -0.1) is 0 Å². The number of hydrogen-bond donors (Lipinski definition) is 1. The third kappa shape index (κ3) is 4.65. The van der Waals surface area contributed by atoms with Crippen molar-refractivity contribution in [3.63, 3.8) is 0 Å². The Morgan fingerprint density at radius 2 is 1.68 bits per heavy atom. The first kappa shape index (κ1) is 14.6. The van der Waals surface area contributed by atoms with Crippen LogP contribution in [0.5, 0.6) is 0 Å². The van der Waals surface area contributed by atoms with Gasteiger partial charge in [0, 0.05) is 6.04 Å². The van der Waals surface area contributed by atoms with Gasteiger partial charge in [0.1, 0.15) is 0 Å². The van der Waals surface area contributed by atoms with Crippen LogP contribution in [0, 0.1) is 5.92 Å². The first-order valence-electron chi connectivity index (χ1n) is 7.99. The van der Waals surface area contributed by atoms with Crippen LogP contribution in [0.2, 0.25) is 0 Å². The Morgan fingerprint density at radius 3 is 2.26 bits per heavy atom. The van der Waals surface area contributed by atoms with Gasteiger partial charge in [-0.25, -0.2) is 0 Å². The van der Waals surface area contributed by atoms with Gasteiger partial charge in [-0.05, 0) is 48.6 Å². The van der Waals surface area contributed by atoms with E-state index in [9.17, 15) is 0 Å². The van der Waals surface area contributed by atoms with E-state index in [-0.39, 0.29) is 0 Å². The summed E-state index contributed by atoms with van der Waals surface area (Å²) in [6, 6.07) is 9.58. The fourth-order valence-electron chi connectivity index (χ4n) is 3.35. The Bertz CT molecular complexity index is 360. The van der Waals surface area contributed by atoms with Gasteiger partial charge in [0.25, 0.3) is 0 Å².